The lowest BCUT2D eigenvalue weighted by Crippen LogP contribution is -2.36. The topological polar surface area (TPSA) is 66.5 Å². The fourth-order valence-corrected chi connectivity index (χ4v) is 4.81. The van der Waals surface area contributed by atoms with E-state index in [-0.39, 0.29) is 16.8 Å². The van der Waals surface area contributed by atoms with E-state index in [0.29, 0.717) is 12.1 Å². The Bertz CT molecular complexity index is 870. The molecule has 3 rings (SSSR count). The van der Waals surface area contributed by atoms with E-state index >= 15 is 0 Å². The molecule has 26 heavy (non-hydrogen) atoms. The molecule has 1 aromatic carbocycles. The highest BCUT2D eigenvalue weighted by atomic mass is 32.2. The lowest BCUT2D eigenvalue weighted by Gasteiger charge is -2.27. The maximum absolute atomic E-state index is 12.7. The fourth-order valence-electron chi connectivity index (χ4n) is 3.30. The third-order valence-corrected chi connectivity index (χ3v) is 6.87. The number of aryl methyl sites for hydroxylation is 1. The summed E-state index contributed by atoms with van der Waals surface area (Å²) in [5.41, 5.74) is 1.18. The van der Waals surface area contributed by atoms with Crippen molar-refractivity contribution in [3.05, 3.63) is 51.7 Å². The SMILES string of the molecule is Cc1ccc(S(C)(=O)=O)cc1C(=O)NCC(c1cccs1)N1CCCC1. The van der Waals surface area contributed by atoms with E-state index < -0.39 is 9.84 Å². The van der Waals surface area contributed by atoms with E-state index in [0.717, 1.165) is 24.9 Å². The molecule has 1 atom stereocenters. The summed E-state index contributed by atoms with van der Waals surface area (Å²) in [6.07, 6.45) is 3.52. The van der Waals surface area contributed by atoms with Gasteiger partial charge in [0.1, 0.15) is 0 Å². The predicted molar refractivity (Wildman–Crippen MR) is 104 cm³/mol. The summed E-state index contributed by atoms with van der Waals surface area (Å²) >= 11 is 1.70. The third-order valence-electron chi connectivity index (χ3n) is 4.79. The quantitative estimate of drug-likeness (QED) is 0.821. The van der Waals surface area contributed by atoms with Crippen molar-refractivity contribution >= 4 is 27.1 Å². The van der Waals surface area contributed by atoms with Crippen molar-refractivity contribution in [2.75, 3.05) is 25.9 Å². The van der Waals surface area contributed by atoms with E-state index in [1.165, 1.54) is 23.8 Å². The van der Waals surface area contributed by atoms with E-state index in [9.17, 15) is 13.2 Å². The Hall–Kier alpha value is -1.70. The summed E-state index contributed by atoms with van der Waals surface area (Å²) in [6.45, 7) is 4.42. The van der Waals surface area contributed by atoms with Gasteiger partial charge in [0.25, 0.3) is 5.91 Å². The predicted octanol–water partition coefficient (Wildman–Crippen LogP) is 3.03. The molecule has 0 bridgehead atoms. The molecule has 1 N–H and O–H groups in total. The van der Waals surface area contributed by atoms with Crippen molar-refractivity contribution in [3.63, 3.8) is 0 Å². The van der Waals surface area contributed by atoms with E-state index in [2.05, 4.69) is 21.7 Å². The van der Waals surface area contributed by atoms with Gasteiger partial charge in [-0.25, -0.2) is 8.42 Å². The standard InChI is InChI=1S/C19H24N2O3S2/c1-14-7-8-15(26(2,23)24)12-16(14)19(22)20-13-17(18-6-5-11-25-18)21-9-3-4-10-21/h5-8,11-12,17H,3-4,9-10,13H2,1-2H3,(H,20,22). The number of thiophene rings is 1. The molecule has 1 amide bonds. The Morgan fingerprint density at radius 2 is 2.00 bits per heavy atom. The second-order valence-corrected chi connectivity index (χ2v) is 9.73. The van der Waals surface area contributed by atoms with Gasteiger partial charge in [-0.2, -0.15) is 0 Å². The molecule has 1 fully saturated rings. The highest BCUT2D eigenvalue weighted by molar-refractivity contribution is 7.90. The van der Waals surface area contributed by atoms with Gasteiger partial charge >= 0.3 is 0 Å². The summed E-state index contributed by atoms with van der Waals surface area (Å²) in [4.78, 5) is 16.5. The lowest BCUT2D eigenvalue weighted by molar-refractivity contribution is 0.0937. The first-order valence-electron chi connectivity index (χ1n) is 8.72. The normalized spacial score (nSPS) is 16.5. The van der Waals surface area contributed by atoms with E-state index in [1.807, 2.05) is 13.0 Å². The van der Waals surface area contributed by atoms with E-state index in [4.69, 9.17) is 0 Å². The number of sulfone groups is 1. The second kappa shape index (κ2) is 7.90. The molecule has 1 unspecified atom stereocenters. The van der Waals surface area contributed by atoms with Crippen LogP contribution in [-0.2, 0) is 9.84 Å². The molecule has 7 heteroatoms. The zero-order valence-corrected chi connectivity index (χ0v) is 16.7. The number of benzene rings is 1. The first kappa shape index (κ1) is 19.1. The van der Waals surface area contributed by atoms with Gasteiger partial charge < -0.3 is 5.32 Å². The van der Waals surface area contributed by atoms with Crippen molar-refractivity contribution < 1.29 is 13.2 Å². The van der Waals surface area contributed by atoms with Crippen LogP contribution in [0.3, 0.4) is 0 Å². The number of amides is 1. The van der Waals surface area contributed by atoms with Crippen LogP contribution in [0.5, 0.6) is 0 Å². The second-order valence-electron chi connectivity index (χ2n) is 6.73. The first-order chi connectivity index (χ1) is 12.4. The Morgan fingerprint density at radius 3 is 2.62 bits per heavy atom. The molecule has 5 nitrogen and oxygen atoms in total. The number of carbonyl (C=O) groups is 1. The zero-order chi connectivity index (χ0) is 18.7. The molecule has 0 aliphatic carbocycles. The van der Waals surface area contributed by atoms with E-state index in [1.54, 1.807) is 23.5 Å². The maximum Gasteiger partial charge on any atom is 0.251 e. The molecular formula is C19H24N2O3S2. The van der Waals surface area contributed by atoms with Crippen molar-refractivity contribution in [2.24, 2.45) is 0 Å². The largest absolute Gasteiger partial charge is 0.350 e. The van der Waals surface area contributed by atoms with Crippen LogP contribution < -0.4 is 5.32 Å². The minimum absolute atomic E-state index is 0.167. The highest BCUT2D eigenvalue weighted by Crippen LogP contribution is 2.28. The fraction of sp³-hybridized carbons (Fsp3) is 0.421. The number of rotatable bonds is 6. The summed E-state index contributed by atoms with van der Waals surface area (Å²) in [6, 6.07) is 9.00. The van der Waals surface area contributed by atoms with Gasteiger partial charge in [0.05, 0.1) is 10.9 Å². The van der Waals surface area contributed by atoms with Crippen LogP contribution in [-0.4, -0.2) is 45.1 Å². The van der Waals surface area contributed by atoms with Gasteiger partial charge in [-0.05, 0) is 62.0 Å². The van der Waals surface area contributed by atoms with Gasteiger partial charge in [0.2, 0.25) is 0 Å². The third kappa shape index (κ3) is 4.34. The average Bonchev–Trinajstić information content (AvgIpc) is 3.28. The van der Waals surface area contributed by atoms with Crippen LogP contribution in [0.2, 0.25) is 0 Å². The van der Waals surface area contributed by atoms with Gasteiger partial charge in [0, 0.05) is 23.2 Å². The van der Waals surface area contributed by atoms with Gasteiger partial charge in [0.15, 0.2) is 9.84 Å². The molecule has 0 radical (unpaired) electrons. The van der Waals surface area contributed by atoms with Crippen molar-refractivity contribution in [3.8, 4) is 0 Å². The number of nitrogens with zero attached hydrogens (tertiary/aromatic N) is 1. The van der Waals surface area contributed by atoms with Crippen LogP contribution in [0.25, 0.3) is 0 Å². The van der Waals surface area contributed by atoms with Gasteiger partial charge in [-0.1, -0.05) is 12.1 Å². The number of likely N-dealkylation sites (tertiary alicyclic amines) is 1. The highest BCUT2D eigenvalue weighted by Gasteiger charge is 2.25. The van der Waals surface area contributed by atoms with Crippen LogP contribution in [0, 0.1) is 6.92 Å². The Balaban J connectivity index is 1.76. The number of hydrogen-bond donors (Lipinski definition) is 1. The van der Waals surface area contributed by atoms with Crippen LogP contribution in [0.15, 0.2) is 40.6 Å². The van der Waals surface area contributed by atoms with Crippen molar-refractivity contribution in [2.45, 2.75) is 30.7 Å². The summed E-state index contributed by atoms with van der Waals surface area (Å²) in [7, 11) is -3.34. The Labute approximate surface area is 159 Å². The molecule has 1 aliphatic rings. The number of hydrogen-bond acceptors (Lipinski definition) is 5. The number of carbonyl (C=O) groups excluding carboxylic acids is 1. The molecular weight excluding hydrogens is 368 g/mol. The van der Waals surface area contributed by atoms with Gasteiger partial charge in [-0.15, -0.1) is 11.3 Å². The zero-order valence-electron chi connectivity index (χ0n) is 15.1. The van der Waals surface area contributed by atoms with Crippen LogP contribution in [0.4, 0.5) is 0 Å². The summed E-state index contributed by atoms with van der Waals surface area (Å²) < 4.78 is 23.6. The van der Waals surface area contributed by atoms with Crippen molar-refractivity contribution in [1.82, 2.24) is 10.2 Å². The van der Waals surface area contributed by atoms with Crippen molar-refractivity contribution in [1.29, 1.82) is 0 Å². The summed E-state index contributed by atoms with van der Waals surface area (Å²) in [5, 5.41) is 5.07. The Morgan fingerprint density at radius 1 is 1.27 bits per heavy atom. The minimum atomic E-state index is -3.34. The van der Waals surface area contributed by atoms with Gasteiger partial charge in [-0.3, -0.25) is 9.69 Å². The minimum Gasteiger partial charge on any atom is -0.350 e. The summed E-state index contributed by atoms with van der Waals surface area (Å²) in [5.74, 6) is -0.228. The molecule has 2 heterocycles. The molecule has 1 aliphatic heterocycles. The Kier molecular flexibility index (Phi) is 5.79. The molecule has 1 aromatic heterocycles. The first-order valence-corrected chi connectivity index (χ1v) is 11.5. The molecule has 0 spiro atoms. The number of nitrogens with one attached hydrogen (secondary N) is 1. The lowest BCUT2D eigenvalue weighted by atomic mass is 10.1. The molecule has 140 valence electrons. The molecule has 2 aromatic rings. The molecule has 0 saturated carbocycles. The molecule has 1 saturated heterocycles. The van der Waals surface area contributed by atoms with Crippen LogP contribution in [0.1, 0.15) is 39.7 Å². The average molecular weight is 393 g/mol. The van der Waals surface area contributed by atoms with Crippen LogP contribution >= 0.6 is 11.3 Å². The maximum atomic E-state index is 12.7. The monoisotopic (exact) mass is 392 g/mol. The smallest absolute Gasteiger partial charge is 0.251 e.